The van der Waals surface area contributed by atoms with Crippen molar-refractivity contribution in [3.05, 3.63) is 41.5 Å². The third kappa shape index (κ3) is 2.18. The van der Waals surface area contributed by atoms with Gasteiger partial charge in [-0.3, -0.25) is 0 Å². The summed E-state index contributed by atoms with van der Waals surface area (Å²) < 4.78 is 1.99. The summed E-state index contributed by atoms with van der Waals surface area (Å²) in [4.78, 5) is 4.32. The number of hydrogen-bond acceptors (Lipinski definition) is 3. The molecule has 4 heteroatoms. The van der Waals surface area contributed by atoms with E-state index >= 15 is 0 Å². The summed E-state index contributed by atoms with van der Waals surface area (Å²) in [5, 5.41) is 13.3. The van der Waals surface area contributed by atoms with Crippen molar-refractivity contribution in [3.8, 4) is 5.75 Å². The Morgan fingerprint density at radius 3 is 2.67 bits per heavy atom. The zero-order chi connectivity index (χ0) is 13.3. The quantitative estimate of drug-likeness (QED) is 0.874. The van der Waals surface area contributed by atoms with Crippen molar-refractivity contribution in [2.45, 2.75) is 26.8 Å². The van der Waals surface area contributed by atoms with Gasteiger partial charge in [0, 0.05) is 30.7 Å². The summed E-state index contributed by atoms with van der Waals surface area (Å²) in [6, 6.07) is 3.99. The number of aromatic nitrogens is 2. The molecule has 0 amide bonds. The highest BCUT2D eigenvalue weighted by Gasteiger charge is 2.13. The molecule has 0 radical (unpaired) electrons. The maximum atomic E-state index is 9.92. The van der Waals surface area contributed by atoms with Gasteiger partial charge in [-0.15, -0.1) is 0 Å². The zero-order valence-corrected chi connectivity index (χ0v) is 11.2. The number of anilines is 1. The van der Waals surface area contributed by atoms with Crippen LogP contribution in [-0.4, -0.2) is 14.7 Å². The topological polar surface area (TPSA) is 50.1 Å². The van der Waals surface area contributed by atoms with E-state index in [0.29, 0.717) is 5.75 Å². The van der Waals surface area contributed by atoms with Gasteiger partial charge in [-0.2, -0.15) is 0 Å². The second-order valence-corrected chi connectivity index (χ2v) is 4.67. The van der Waals surface area contributed by atoms with E-state index in [1.807, 2.05) is 43.8 Å². The first kappa shape index (κ1) is 12.5. The normalized spacial score (nSPS) is 12.4. The molecule has 1 unspecified atom stereocenters. The van der Waals surface area contributed by atoms with Gasteiger partial charge >= 0.3 is 0 Å². The van der Waals surface area contributed by atoms with Crippen LogP contribution in [0.2, 0.25) is 0 Å². The van der Waals surface area contributed by atoms with Crippen LogP contribution < -0.4 is 5.32 Å². The van der Waals surface area contributed by atoms with E-state index in [1.54, 1.807) is 6.20 Å². The summed E-state index contributed by atoms with van der Waals surface area (Å²) in [5.74, 6) is 1.32. The van der Waals surface area contributed by atoms with Gasteiger partial charge in [0.1, 0.15) is 11.6 Å². The molecule has 1 atom stereocenters. The summed E-state index contributed by atoms with van der Waals surface area (Å²) in [6.07, 6.45) is 3.71. The maximum absolute atomic E-state index is 9.92. The van der Waals surface area contributed by atoms with Gasteiger partial charge in [0.2, 0.25) is 0 Å². The highest BCUT2D eigenvalue weighted by atomic mass is 16.3. The number of hydrogen-bond donors (Lipinski definition) is 2. The Morgan fingerprint density at radius 2 is 2.06 bits per heavy atom. The Kier molecular flexibility index (Phi) is 3.28. The number of rotatable bonds is 3. The van der Waals surface area contributed by atoms with Crippen molar-refractivity contribution in [1.29, 1.82) is 0 Å². The Labute approximate surface area is 107 Å². The highest BCUT2D eigenvalue weighted by molar-refractivity contribution is 5.59. The average molecular weight is 245 g/mol. The van der Waals surface area contributed by atoms with Gasteiger partial charge in [-0.25, -0.2) is 4.98 Å². The molecule has 2 N–H and O–H groups in total. The molecule has 96 valence electrons. The summed E-state index contributed by atoms with van der Waals surface area (Å²) >= 11 is 0. The molecule has 0 aliphatic rings. The standard InChI is InChI=1S/C14H19N3O/c1-9-5-6-12(10(2)13(9)18)16-11(3)14-15-7-8-17(14)4/h5-8,11,16,18H,1-4H3. The molecular formula is C14H19N3O. The molecule has 0 bridgehead atoms. The minimum absolute atomic E-state index is 0.0887. The van der Waals surface area contributed by atoms with Gasteiger partial charge in [0.25, 0.3) is 0 Å². The Balaban J connectivity index is 2.25. The minimum Gasteiger partial charge on any atom is -0.507 e. The van der Waals surface area contributed by atoms with Crippen molar-refractivity contribution >= 4 is 5.69 Å². The van der Waals surface area contributed by atoms with Crippen molar-refractivity contribution < 1.29 is 5.11 Å². The fourth-order valence-electron chi connectivity index (χ4n) is 2.08. The molecule has 0 fully saturated rings. The van der Waals surface area contributed by atoms with E-state index in [9.17, 15) is 5.11 Å². The van der Waals surface area contributed by atoms with E-state index in [0.717, 1.165) is 22.6 Å². The number of phenolic OH excluding ortho intramolecular Hbond substituents is 1. The molecule has 2 rings (SSSR count). The van der Waals surface area contributed by atoms with Gasteiger partial charge in [-0.1, -0.05) is 6.07 Å². The second kappa shape index (κ2) is 4.72. The van der Waals surface area contributed by atoms with Gasteiger partial charge in [0.15, 0.2) is 0 Å². The molecule has 18 heavy (non-hydrogen) atoms. The van der Waals surface area contributed by atoms with Gasteiger partial charge < -0.3 is 15.0 Å². The van der Waals surface area contributed by atoms with Crippen molar-refractivity contribution in [3.63, 3.8) is 0 Å². The molecule has 0 aliphatic carbocycles. The Morgan fingerprint density at radius 1 is 1.33 bits per heavy atom. The van der Waals surface area contributed by atoms with E-state index in [-0.39, 0.29) is 6.04 Å². The van der Waals surface area contributed by atoms with E-state index in [4.69, 9.17) is 0 Å². The molecule has 1 aromatic heterocycles. The van der Waals surface area contributed by atoms with Crippen LogP contribution in [0.25, 0.3) is 0 Å². The Hall–Kier alpha value is -1.97. The first-order valence-electron chi connectivity index (χ1n) is 6.03. The molecule has 0 aliphatic heterocycles. The third-order valence-electron chi connectivity index (χ3n) is 3.25. The first-order valence-corrected chi connectivity index (χ1v) is 6.03. The predicted molar refractivity (Wildman–Crippen MR) is 72.8 cm³/mol. The van der Waals surface area contributed by atoms with Crippen LogP contribution in [-0.2, 0) is 7.05 Å². The van der Waals surface area contributed by atoms with Gasteiger partial charge in [0.05, 0.1) is 6.04 Å². The van der Waals surface area contributed by atoms with Crippen LogP contribution in [0, 0.1) is 13.8 Å². The molecule has 2 aromatic rings. The molecular weight excluding hydrogens is 226 g/mol. The number of imidazole rings is 1. The number of nitrogens with one attached hydrogen (secondary N) is 1. The summed E-state index contributed by atoms with van der Waals surface area (Å²) in [5.41, 5.74) is 2.70. The smallest absolute Gasteiger partial charge is 0.130 e. The van der Waals surface area contributed by atoms with Crippen LogP contribution in [0.1, 0.15) is 29.9 Å². The van der Waals surface area contributed by atoms with Crippen LogP contribution in [0.3, 0.4) is 0 Å². The fourth-order valence-corrected chi connectivity index (χ4v) is 2.08. The lowest BCUT2D eigenvalue weighted by molar-refractivity contribution is 0.467. The maximum Gasteiger partial charge on any atom is 0.130 e. The molecule has 0 spiro atoms. The van der Waals surface area contributed by atoms with E-state index < -0.39 is 0 Å². The van der Waals surface area contributed by atoms with Crippen molar-refractivity contribution in [2.24, 2.45) is 7.05 Å². The second-order valence-electron chi connectivity index (χ2n) is 4.67. The third-order valence-corrected chi connectivity index (χ3v) is 3.25. The van der Waals surface area contributed by atoms with Crippen molar-refractivity contribution in [1.82, 2.24) is 9.55 Å². The largest absolute Gasteiger partial charge is 0.507 e. The molecule has 0 saturated heterocycles. The molecule has 4 nitrogen and oxygen atoms in total. The molecule has 0 saturated carbocycles. The number of aromatic hydroxyl groups is 1. The lowest BCUT2D eigenvalue weighted by Gasteiger charge is -2.18. The van der Waals surface area contributed by atoms with Crippen LogP contribution >= 0.6 is 0 Å². The zero-order valence-electron chi connectivity index (χ0n) is 11.2. The lowest BCUT2D eigenvalue weighted by Crippen LogP contribution is -2.12. The first-order chi connectivity index (χ1) is 8.50. The van der Waals surface area contributed by atoms with E-state index in [1.165, 1.54) is 0 Å². The van der Waals surface area contributed by atoms with Crippen LogP contribution in [0.15, 0.2) is 24.5 Å². The highest BCUT2D eigenvalue weighted by Crippen LogP contribution is 2.30. The Bertz CT molecular complexity index is 560. The summed E-state index contributed by atoms with van der Waals surface area (Å²) in [6.45, 7) is 5.86. The van der Waals surface area contributed by atoms with Crippen LogP contribution in [0.4, 0.5) is 5.69 Å². The number of nitrogens with zero attached hydrogens (tertiary/aromatic N) is 2. The number of benzene rings is 1. The predicted octanol–water partition coefficient (Wildman–Crippen LogP) is 2.92. The SMILES string of the molecule is Cc1ccc(NC(C)c2nccn2C)c(C)c1O. The van der Waals surface area contributed by atoms with Crippen molar-refractivity contribution in [2.75, 3.05) is 5.32 Å². The molecule has 1 heterocycles. The molecule has 1 aromatic carbocycles. The average Bonchev–Trinajstić information content (AvgIpc) is 2.76. The minimum atomic E-state index is 0.0887. The fraction of sp³-hybridized carbons (Fsp3) is 0.357. The number of aryl methyl sites for hydroxylation is 2. The monoisotopic (exact) mass is 245 g/mol. The van der Waals surface area contributed by atoms with Gasteiger partial charge in [-0.05, 0) is 32.4 Å². The lowest BCUT2D eigenvalue weighted by atomic mass is 10.1. The van der Waals surface area contributed by atoms with E-state index in [2.05, 4.69) is 17.2 Å². The summed E-state index contributed by atoms with van der Waals surface area (Å²) in [7, 11) is 1.97. The number of phenols is 1. The van der Waals surface area contributed by atoms with Crippen LogP contribution in [0.5, 0.6) is 5.75 Å².